The lowest BCUT2D eigenvalue weighted by Gasteiger charge is -2.16. The van der Waals surface area contributed by atoms with Crippen LogP contribution in [0.25, 0.3) is 0 Å². The van der Waals surface area contributed by atoms with Crippen LogP contribution in [-0.2, 0) is 6.54 Å². The number of methoxy groups -OCH3 is 1. The molecule has 18 heavy (non-hydrogen) atoms. The van der Waals surface area contributed by atoms with Gasteiger partial charge in [0, 0.05) is 23.9 Å². The van der Waals surface area contributed by atoms with Gasteiger partial charge < -0.3 is 14.8 Å². The Labute approximate surface area is 114 Å². The fourth-order valence-corrected chi connectivity index (χ4v) is 1.82. The van der Waals surface area contributed by atoms with Crippen molar-refractivity contribution in [3.63, 3.8) is 0 Å². The monoisotopic (exact) mass is 269 g/mol. The Balaban J connectivity index is 2.79. The summed E-state index contributed by atoms with van der Waals surface area (Å²) in [6.07, 6.45) is 2.08. The molecule has 0 amide bonds. The molecule has 4 heteroatoms. The van der Waals surface area contributed by atoms with Crippen LogP contribution in [0.4, 0.5) is 0 Å². The molecular weight excluding hydrogens is 246 g/mol. The van der Waals surface area contributed by atoms with Crippen molar-refractivity contribution in [2.75, 3.05) is 25.7 Å². The van der Waals surface area contributed by atoms with E-state index in [4.69, 9.17) is 9.47 Å². The highest BCUT2D eigenvalue weighted by Gasteiger charge is 2.10. The van der Waals surface area contributed by atoms with E-state index in [1.54, 1.807) is 18.9 Å². The smallest absolute Gasteiger partial charge is 0.165 e. The lowest BCUT2D eigenvalue weighted by atomic mass is 10.1. The summed E-state index contributed by atoms with van der Waals surface area (Å²) in [6.45, 7) is 5.77. The number of ether oxygens (including phenoxy) is 2. The van der Waals surface area contributed by atoms with Gasteiger partial charge in [0.25, 0.3) is 0 Å². The number of nitrogens with one attached hydrogen (secondary N) is 1. The van der Waals surface area contributed by atoms with E-state index in [1.165, 1.54) is 0 Å². The van der Waals surface area contributed by atoms with Crippen LogP contribution in [0, 0.1) is 0 Å². The van der Waals surface area contributed by atoms with Crippen molar-refractivity contribution in [3.8, 4) is 11.5 Å². The van der Waals surface area contributed by atoms with Crippen molar-refractivity contribution in [1.29, 1.82) is 0 Å². The summed E-state index contributed by atoms with van der Waals surface area (Å²) in [5, 5.41) is 3.40. The van der Waals surface area contributed by atoms with Gasteiger partial charge in [0.2, 0.25) is 0 Å². The molecule has 102 valence electrons. The van der Waals surface area contributed by atoms with Crippen molar-refractivity contribution < 1.29 is 9.47 Å². The summed E-state index contributed by atoms with van der Waals surface area (Å²) in [6, 6.07) is 6.47. The molecule has 3 nitrogen and oxygen atoms in total. The maximum Gasteiger partial charge on any atom is 0.165 e. The van der Waals surface area contributed by atoms with Crippen molar-refractivity contribution in [2.24, 2.45) is 0 Å². The second kappa shape index (κ2) is 8.27. The Kier molecular flexibility index (Phi) is 6.98. The molecule has 1 N–H and O–H groups in total. The topological polar surface area (TPSA) is 30.5 Å². The zero-order valence-electron chi connectivity index (χ0n) is 11.7. The molecule has 0 aliphatic rings. The minimum Gasteiger partial charge on any atom is -0.493 e. The number of hydrogen-bond donors (Lipinski definition) is 1. The summed E-state index contributed by atoms with van der Waals surface area (Å²) >= 11 is 1.78. The molecule has 0 aromatic heterocycles. The third-order valence-electron chi connectivity index (χ3n) is 2.51. The highest BCUT2D eigenvalue weighted by atomic mass is 32.2. The standard InChI is InChI=1S/C14H23NO2S/c1-11(2)15-10-12-6-5-7-13(16-3)14(12)17-8-9-18-4/h5-7,11,15H,8-10H2,1-4H3. The fraction of sp³-hybridized carbons (Fsp3) is 0.571. The number of benzene rings is 1. The molecular formula is C14H23NO2S. The van der Waals surface area contributed by atoms with Crippen LogP contribution in [0.3, 0.4) is 0 Å². The van der Waals surface area contributed by atoms with E-state index >= 15 is 0 Å². The van der Waals surface area contributed by atoms with Crippen LogP contribution in [0.15, 0.2) is 18.2 Å². The second-order valence-electron chi connectivity index (χ2n) is 4.33. The maximum atomic E-state index is 5.85. The Morgan fingerprint density at radius 1 is 1.33 bits per heavy atom. The van der Waals surface area contributed by atoms with Gasteiger partial charge in [0.05, 0.1) is 13.7 Å². The van der Waals surface area contributed by atoms with E-state index < -0.39 is 0 Å². The molecule has 0 saturated heterocycles. The second-order valence-corrected chi connectivity index (χ2v) is 5.31. The molecule has 0 atom stereocenters. The highest BCUT2D eigenvalue weighted by molar-refractivity contribution is 7.98. The summed E-state index contributed by atoms with van der Waals surface area (Å²) in [5.41, 5.74) is 1.14. The molecule has 0 radical (unpaired) electrons. The SMILES string of the molecule is COc1cccc(CNC(C)C)c1OCCSC. The Morgan fingerprint density at radius 3 is 2.72 bits per heavy atom. The Morgan fingerprint density at radius 2 is 2.11 bits per heavy atom. The molecule has 1 aromatic rings. The van der Waals surface area contributed by atoms with E-state index in [0.717, 1.165) is 29.4 Å². The quantitative estimate of drug-likeness (QED) is 0.735. The summed E-state index contributed by atoms with van der Waals surface area (Å²) < 4.78 is 11.2. The van der Waals surface area contributed by atoms with Gasteiger partial charge >= 0.3 is 0 Å². The van der Waals surface area contributed by atoms with Crippen molar-refractivity contribution in [2.45, 2.75) is 26.4 Å². The number of rotatable bonds is 8. The van der Waals surface area contributed by atoms with E-state index in [-0.39, 0.29) is 0 Å². The zero-order chi connectivity index (χ0) is 13.4. The lowest BCUT2D eigenvalue weighted by molar-refractivity contribution is 0.309. The van der Waals surface area contributed by atoms with E-state index in [1.807, 2.05) is 12.1 Å². The van der Waals surface area contributed by atoms with Gasteiger partial charge in [0.15, 0.2) is 11.5 Å². The molecule has 0 heterocycles. The van der Waals surface area contributed by atoms with Gasteiger partial charge in [-0.2, -0.15) is 11.8 Å². The maximum absolute atomic E-state index is 5.85. The molecule has 1 aromatic carbocycles. The third kappa shape index (κ3) is 4.78. The van der Waals surface area contributed by atoms with E-state index in [9.17, 15) is 0 Å². The molecule has 0 spiro atoms. The van der Waals surface area contributed by atoms with Gasteiger partial charge in [-0.05, 0) is 12.3 Å². The first-order valence-corrected chi connectivity index (χ1v) is 7.59. The predicted octanol–water partition coefficient (Wildman–Crippen LogP) is 2.94. The lowest BCUT2D eigenvalue weighted by Crippen LogP contribution is -2.22. The predicted molar refractivity (Wildman–Crippen MR) is 78.8 cm³/mol. The van der Waals surface area contributed by atoms with Gasteiger partial charge in [0.1, 0.15) is 0 Å². The average Bonchev–Trinajstić information content (AvgIpc) is 2.37. The highest BCUT2D eigenvalue weighted by Crippen LogP contribution is 2.31. The van der Waals surface area contributed by atoms with Crippen molar-refractivity contribution >= 4 is 11.8 Å². The number of para-hydroxylation sites is 1. The van der Waals surface area contributed by atoms with Crippen LogP contribution < -0.4 is 14.8 Å². The first-order chi connectivity index (χ1) is 8.69. The molecule has 0 bridgehead atoms. The van der Waals surface area contributed by atoms with Crippen LogP contribution in [0.2, 0.25) is 0 Å². The Bertz CT molecular complexity index is 356. The molecule has 0 fully saturated rings. The van der Waals surface area contributed by atoms with Crippen LogP contribution in [0.5, 0.6) is 11.5 Å². The van der Waals surface area contributed by atoms with Gasteiger partial charge in [-0.25, -0.2) is 0 Å². The molecule has 0 aliphatic heterocycles. The van der Waals surface area contributed by atoms with Crippen molar-refractivity contribution in [1.82, 2.24) is 5.32 Å². The summed E-state index contributed by atoms with van der Waals surface area (Å²) in [7, 11) is 1.68. The molecule has 1 rings (SSSR count). The average molecular weight is 269 g/mol. The van der Waals surface area contributed by atoms with Crippen LogP contribution in [0.1, 0.15) is 19.4 Å². The fourth-order valence-electron chi connectivity index (χ4n) is 1.57. The molecule has 0 unspecified atom stereocenters. The minimum atomic E-state index is 0.454. The van der Waals surface area contributed by atoms with Gasteiger partial charge in [-0.3, -0.25) is 0 Å². The number of thioether (sulfide) groups is 1. The summed E-state index contributed by atoms with van der Waals surface area (Å²) in [4.78, 5) is 0. The minimum absolute atomic E-state index is 0.454. The van der Waals surface area contributed by atoms with E-state index in [0.29, 0.717) is 12.6 Å². The van der Waals surface area contributed by atoms with E-state index in [2.05, 4.69) is 31.5 Å². The first kappa shape index (κ1) is 15.2. The molecule has 0 saturated carbocycles. The third-order valence-corrected chi connectivity index (χ3v) is 3.09. The van der Waals surface area contributed by atoms with Gasteiger partial charge in [-0.15, -0.1) is 0 Å². The summed E-state index contributed by atoms with van der Waals surface area (Å²) in [5.74, 6) is 2.65. The number of hydrogen-bond acceptors (Lipinski definition) is 4. The zero-order valence-corrected chi connectivity index (χ0v) is 12.5. The normalized spacial score (nSPS) is 10.7. The van der Waals surface area contributed by atoms with Gasteiger partial charge in [-0.1, -0.05) is 26.0 Å². The molecule has 0 aliphatic carbocycles. The van der Waals surface area contributed by atoms with Crippen LogP contribution >= 0.6 is 11.8 Å². The van der Waals surface area contributed by atoms with Crippen molar-refractivity contribution in [3.05, 3.63) is 23.8 Å². The van der Waals surface area contributed by atoms with Crippen LogP contribution in [-0.4, -0.2) is 31.8 Å². The Hall–Kier alpha value is -0.870. The first-order valence-electron chi connectivity index (χ1n) is 6.20. The largest absolute Gasteiger partial charge is 0.493 e.